The molecule has 114 valence electrons. The van der Waals surface area contributed by atoms with Gasteiger partial charge in [0, 0.05) is 12.5 Å². The number of nitrogens with zero attached hydrogens (tertiary/aromatic N) is 2. The van der Waals surface area contributed by atoms with Crippen molar-refractivity contribution in [3.63, 3.8) is 0 Å². The number of halogens is 2. The van der Waals surface area contributed by atoms with E-state index in [4.69, 9.17) is 4.52 Å². The zero-order chi connectivity index (χ0) is 15.4. The average molecular weight is 296 g/mol. The molecule has 0 radical (unpaired) electrons. The van der Waals surface area contributed by atoms with Crippen molar-refractivity contribution in [3.05, 3.63) is 47.1 Å². The molecule has 0 amide bonds. The van der Waals surface area contributed by atoms with Gasteiger partial charge >= 0.3 is 0 Å². The van der Waals surface area contributed by atoms with Crippen LogP contribution in [0.1, 0.15) is 37.5 Å². The molecule has 1 atom stereocenters. The Labute approximate surface area is 121 Å². The highest BCUT2D eigenvalue weighted by Gasteiger charge is 2.15. The van der Waals surface area contributed by atoms with E-state index in [1.165, 1.54) is 12.1 Å². The van der Waals surface area contributed by atoms with Crippen molar-refractivity contribution in [1.29, 1.82) is 0 Å². The van der Waals surface area contributed by atoms with Crippen LogP contribution >= 0.6 is 0 Å². The molecule has 1 aromatic heterocycles. The Kier molecular flexibility index (Phi) is 5.01. The van der Waals surface area contributed by atoms with Crippen molar-refractivity contribution in [3.8, 4) is 0 Å². The zero-order valence-corrected chi connectivity index (χ0v) is 12.0. The van der Waals surface area contributed by atoms with E-state index < -0.39 is 17.7 Å². The first kappa shape index (κ1) is 15.6. The second-order valence-electron chi connectivity index (χ2n) is 5.50. The van der Waals surface area contributed by atoms with Crippen molar-refractivity contribution in [2.24, 2.45) is 5.92 Å². The lowest BCUT2D eigenvalue weighted by atomic mass is 10.0. The maximum absolute atomic E-state index is 13.5. The summed E-state index contributed by atoms with van der Waals surface area (Å²) >= 11 is 0. The zero-order valence-electron chi connectivity index (χ0n) is 12.0. The summed E-state index contributed by atoms with van der Waals surface area (Å²) < 4.78 is 31.4. The second kappa shape index (κ2) is 6.76. The summed E-state index contributed by atoms with van der Waals surface area (Å²) in [5, 5.41) is 13.6. The van der Waals surface area contributed by atoms with Crippen LogP contribution in [0.3, 0.4) is 0 Å². The minimum absolute atomic E-state index is 0.121. The molecule has 2 aromatic rings. The van der Waals surface area contributed by atoms with E-state index in [1.807, 2.05) is 13.8 Å². The number of benzene rings is 1. The van der Waals surface area contributed by atoms with Gasteiger partial charge in [0.1, 0.15) is 11.6 Å². The predicted molar refractivity (Wildman–Crippen MR) is 72.6 cm³/mol. The number of aromatic nitrogens is 2. The smallest absolute Gasteiger partial charge is 0.229 e. The highest BCUT2D eigenvalue weighted by atomic mass is 19.1. The predicted octanol–water partition coefficient (Wildman–Crippen LogP) is 2.89. The van der Waals surface area contributed by atoms with Crippen LogP contribution in [-0.2, 0) is 12.8 Å². The van der Waals surface area contributed by atoms with E-state index in [0.29, 0.717) is 29.6 Å². The lowest BCUT2D eigenvalue weighted by Crippen LogP contribution is -2.13. The van der Waals surface area contributed by atoms with Crippen LogP contribution in [-0.4, -0.2) is 21.4 Å². The van der Waals surface area contributed by atoms with Gasteiger partial charge in [0.05, 0.1) is 12.5 Å². The lowest BCUT2D eigenvalue weighted by molar-refractivity contribution is 0.138. The van der Waals surface area contributed by atoms with Crippen LogP contribution in [0.4, 0.5) is 8.78 Å². The monoisotopic (exact) mass is 296 g/mol. The molecule has 1 unspecified atom stereocenters. The van der Waals surface area contributed by atoms with Crippen molar-refractivity contribution >= 4 is 0 Å². The van der Waals surface area contributed by atoms with Gasteiger partial charge < -0.3 is 9.63 Å². The van der Waals surface area contributed by atoms with Crippen LogP contribution in [0, 0.1) is 17.6 Å². The lowest BCUT2D eigenvalue weighted by Gasteiger charge is -2.09. The molecule has 4 nitrogen and oxygen atoms in total. The van der Waals surface area contributed by atoms with Gasteiger partial charge in [-0.25, -0.2) is 8.78 Å². The number of hydrogen-bond donors (Lipinski definition) is 1. The molecular formula is C15H18F2N2O2. The molecule has 1 aromatic carbocycles. The summed E-state index contributed by atoms with van der Waals surface area (Å²) in [7, 11) is 0. The third-order valence-electron chi connectivity index (χ3n) is 3.03. The van der Waals surface area contributed by atoms with Crippen LogP contribution in [0.2, 0.25) is 0 Å². The van der Waals surface area contributed by atoms with E-state index >= 15 is 0 Å². The Hall–Kier alpha value is -1.82. The summed E-state index contributed by atoms with van der Waals surface area (Å²) in [6.07, 6.45) is 0.498. The fraction of sp³-hybridized carbons (Fsp3) is 0.467. The molecule has 0 saturated heterocycles. The molecule has 0 spiro atoms. The molecule has 1 N–H and O–H groups in total. The molecule has 1 heterocycles. The van der Waals surface area contributed by atoms with Gasteiger partial charge in [-0.1, -0.05) is 25.1 Å². The summed E-state index contributed by atoms with van der Waals surface area (Å²) in [4.78, 5) is 4.12. The van der Waals surface area contributed by atoms with Crippen LogP contribution in [0.25, 0.3) is 0 Å². The Morgan fingerprint density at radius 3 is 2.71 bits per heavy atom. The van der Waals surface area contributed by atoms with Gasteiger partial charge in [-0.15, -0.1) is 0 Å². The number of rotatable bonds is 6. The standard InChI is InChI=1S/C15H18F2N2O2/c1-9(2)5-12(20)8-15-18-14(19-21-15)6-10-3-4-11(16)7-13(10)17/h3-4,7,9,12,20H,5-6,8H2,1-2H3. The van der Waals surface area contributed by atoms with E-state index in [2.05, 4.69) is 10.1 Å². The van der Waals surface area contributed by atoms with Gasteiger partial charge in [-0.3, -0.25) is 0 Å². The highest BCUT2D eigenvalue weighted by molar-refractivity contribution is 5.21. The summed E-state index contributed by atoms with van der Waals surface area (Å²) in [5.41, 5.74) is 0.298. The first-order chi connectivity index (χ1) is 9.94. The Morgan fingerprint density at radius 2 is 2.05 bits per heavy atom. The van der Waals surface area contributed by atoms with Gasteiger partial charge in [0.2, 0.25) is 5.89 Å². The van der Waals surface area contributed by atoms with Gasteiger partial charge in [0.25, 0.3) is 0 Å². The summed E-state index contributed by atoms with van der Waals surface area (Å²) in [5.74, 6) is -0.258. The molecule has 6 heteroatoms. The molecule has 0 bridgehead atoms. The third-order valence-corrected chi connectivity index (χ3v) is 3.03. The van der Waals surface area contributed by atoms with Crippen LogP contribution < -0.4 is 0 Å². The van der Waals surface area contributed by atoms with Crippen molar-refractivity contribution in [2.75, 3.05) is 0 Å². The fourth-order valence-corrected chi connectivity index (χ4v) is 2.11. The average Bonchev–Trinajstić information content (AvgIpc) is 2.79. The quantitative estimate of drug-likeness (QED) is 0.890. The highest BCUT2D eigenvalue weighted by Crippen LogP contribution is 2.14. The molecule has 0 fully saturated rings. The second-order valence-corrected chi connectivity index (χ2v) is 5.50. The van der Waals surface area contributed by atoms with E-state index in [0.717, 1.165) is 6.07 Å². The van der Waals surface area contributed by atoms with Gasteiger partial charge in [-0.05, 0) is 24.0 Å². The maximum atomic E-state index is 13.5. The molecule has 2 rings (SSSR count). The third kappa shape index (κ3) is 4.60. The fourth-order valence-electron chi connectivity index (χ4n) is 2.11. The minimum Gasteiger partial charge on any atom is -0.393 e. The van der Waals surface area contributed by atoms with E-state index in [9.17, 15) is 13.9 Å². The maximum Gasteiger partial charge on any atom is 0.229 e. The van der Waals surface area contributed by atoms with Gasteiger partial charge in [-0.2, -0.15) is 4.98 Å². The minimum atomic E-state index is -0.638. The van der Waals surface area contributed by atoms with Crippen molar-refractivity contribution < 1.29 is 18.4 Å². The first-order valence-electron chi connectivity index (χ1n) is 6.87. The molecule has 0 saturated carbocycles. The molecule has 21 heavy (non-hydrogen) atoms. The number of aliphatic hydroxyl groups is 1. The first-order valence-corrected chi connectivity index (χ1v) is 6.87. The van der Waals surface area contributed by atoms with Crippen LogP contribution in [0.15, 0.2) is 22.7 Å². The van der Waals surface area contributed by atoms with Crippen molar-refractivity contribution in [1.82, 2.24) is 10.1 Å². The Bertz CT molecular complexity index is 599. The normalized spacial score (nSPS) is 12.9. The SMILES string of the molecule is CC(C)CC(O)Cc1nc(Cc2ccc(F)cc2F)no1. The van der Waals surface area contributed by atoms with E-state index in [-0.39, 0.29) is 12.8 Å². The molecule has 0 aliphatic rings. The summed E-state index contributed by atoms with van der Waals surface area (Å²) in [6, 6.07) is 3.36. The Morgan fingerprint density at radius 1 is 1.29 bits per heavy atom. The number of hydrogen-bond acceptors (Lipinski definition) is 4. The molecule has 0 aliphatic heterocycles. The topological polar surface area (TPSA) is 59.2 Å². The van der Waals surface area contributed by atoms with Gasteiger partial charge in [0.15, 0.2) is 5.82 Å². The summed E-state index contributed by atoms with van der Waals surface area (Å²) in [6.45, 7) is 4.03. The Balaban J connectivity index is 1.99. The van der Waals surface area contributed by atoms with Crippen LogP contribution in [0.5, 0.6) is 0 Å². The molecular weight excluding hydrogens is 278 g/mol. The molecule has 0 aliphatic carbocycles. The van der Waals surface area contributed by atoms with Crippen molar-refractivity contribution in [2.45, 2.75) is 39.2 Å². The number of aliphatic hydroxyl groups excluding tert-OH is 1. The largest absolute Gasteiger partial charge is 0.393 e. The van der Waals surface area contributed by atoms with E-state index in [1.54, 1.807) is 0 Å².